The van der Waals surface area contributed by atoms with Crippen LogP contribution in [0.4, 0.5) is 0 Å². The Kier molecular flexibility index (Phi) is 7.12. The van der Waals surface area contributed by atoms with Crippen LogP contribution >= 0.6 is 23.4 Å². The van der Waals surface area contributed by atoms with Crippen molar-refractivity contribution in [3.05, 3.63) is 34.9 Å². The van der Waals surface area contributed by atoms with Crippen molar-refractivity contribution in [2.24, 2.45) is 0 Å². The van der Waals surface area contributed by atoms with Crippen molar-refractivity contribution in [1.82, 2.24) is 5.32 Å². The van der Waals surface area contributed by atoms with Crippen LogP contribution in [0.2, 0.25) is 5.02 Å². The van der Waals surface area contributed by atoms with Gasteiger partial charge in [-0.2, -0.15) is 0 Å². The zero-order valence-corrected chi connectivity index (χ0v) is 11.4. The van der Waals surface area contributed by atoms with Crippen molar-refractivity contribution < 1.29 is 15.0 Å². The minimum Gasteiger partial charge on any atom is -0.394 e. The predicted octanol–water partition coefficient (Wildman–Crippen LogP) is 1.04. The van der Waals surface area contributed by atoms with E-state index in [4.69, 9.17) is 21.8 Å². The highest BCUT2D eigenvalue weighted by Gasteiger charge is 2.09. The van der Waals surface area contributed by atoms with Gasteiger partial charge in [0.15, 0.2) is 0 Å². The van der Waals surface area contributed by atoms with Crippen molar-refractivity contribution in [2.75, 3.05) is 19.0 Å². The van der Waals surface area contributed by atoms with Gasteiger partial charge in [0.25, 0.3) is 0 Å². The second kappa shape index (κ2) is 8.37. The van der Waals surface area contributed by atoms with Gasteiger partial charge in [0.05, 0.1) is 25.0 Å². The van der Waals surface area contributed by atoms with E-state index < -0.39 is 6.04 Å². The van der Waals surface area contributed by atoms with E-state index in [1.807, 2.05) is 18.2 Å². The van der Waals surface area contributed by atoms with Crippen LogP contribution < -0.4 is 5.32 Å². The van der Waals surface area contributed by atoms with Crippen LogP contribution in [0.15, 0.2) is 24.3 Å². The normalized spacial score (nSPS) is 10.7. The van der Waals surface area contributed by atoms with E-state index in [1.54, 1.807) is 6.07 Å². The molecule has 0 spiro atoms. The van der Waals surface area contributed by atoms with Crippen molar-refractivity contribution in [1.29, 1.82) is 0 Å². The highest BCUT2D eigenvalue weighted by molar-refractivity contribution is 7.99. The summed E-state index contributed by atoms with van der Waals surface area (Å²) in [5.74, 6) is 0.773. The molecule has 1 aromatic carbocycles. The van der Waals surface area contributed by atoms with Gasteiger partial charge in [-0.3, -0.25) is 4.79 Å². The first-order valence-corrected chi connectivity index (χ1v) is 7.02. The maximum Gasteiger partial charge on any atom is 0.230 e. The quantitative estimate of drug-likeness (QED) is 0.702. The number of halogens is 1. The van der Waals surface area contributed by atoms with Gasteiger partial charge < -0.3 is 15.5 Å². The van der Waals surface area contributed by atoms with Gasteiger partial charge in [-0.1, -0.05) is 23.7 Å². The van der Waals surface area contributed by atoms with E-state index in [2.05, 4.69) is 5.32 Å². The molecule has 0 saturated carbocycles. The number of hydrogen-bond donors (Lipinski definition) is 3. The van der Waals surface area contributed by atoms with Crippen LogP contribution in [0.25, 0.3) is 0 Å². The molecule has 0 aromatic heterocycles. The maximum absolute atomic E-state index is 11.4. The molecule has 0 fully saturated rings. The molecule has 100 valence electrons. The van der Waals surface area contributed by atoms with Gasteiger partial charge in [-0.25, -0.2) is 0 Å². The molecule has 0 aliphatic carbocycles. The monoisotopic (exact) mass is 289 g/mol. The SMILES string of the molecule is O=C(CSCc1cccc(Cl)c1)NC(CO)CO. The van der Waals surface area contributed by atoms with Crippen LogP contribution in [0.1, 0.15) is 5.56 Å². The second-order valence-electron chi connectivity index (χ2n) is 3.75. The summed E-state index contributed by atoms with van der Waals surface area (Å²) in [5.41, 5.74) is 1.06. The van der Waals surface area contributed by atoms with E-state index in [1.165, 1.54) is 11.8 Å². The molecule has 0 aliphatic heterocycles. The number of aliphatic hydroxyl groups is 2. The predicted molar refractivity (Wildman–Crippen MR) is 73.7 cm³/mol. The molecular weight excluding hydrogens is 274 g/mol. The summed E-state index contributed by atoms with van der Waals surface area (Å²) in [4.78, 5) is 11.4. The lowest BCUT2D eigenvalue weighted by atomic mass is 10.2. The van der Waals surface area contributed by atoms with Crippen LogP contribution in [-0.4, -0.2) is 41.1 Å². The number of amides is 1. The van der Waals surface area contributed by atoms with Gasteiger partial charge in [0.1, 0.15) is 0 Å². The molecule has 0 saturated heterocycles. The topological polar surface area (TPSA) is 69.6 Å². The fraction of sp³-hybridized carbons (Fsp3) is 0.417. The van der Waals surface area contributed by atoms with E-state index in [0.717, 1.165) is 5.56 Å². The largest absolute Gasteiger partial charge is 0.394 e. The molecule has 1 amide bonds. The molecule has 1 aromatic rings. The minimum atomic E-state index is -0.579. The summed E-state index contributed by atoms with van der Waals surface area (Å²) in [6.07, 6.45) is 0. The number of carbonyl (C=O) groups excluding carboxylic acids is 1. The fourth-order valence-corrected chi connectivity index (χ4v) is 2.31. The molecule has 0 aliphatic rings. The molecule has 0 bridgehead atoms. The Bertz CT molecular complexity index is 385. The Labute approximate surface area is 115 Å². The summed E-state index contributed by atoms with van der Waals surface area (Å²) in [5, 5.41) is 20.8. The van der Waals surface area contributed by atoms with Crippen LogP contribution in [-0.2, 0) is 10.5 Å². The molecule has 6 heteroatoms. The molecule has 18 heavy (non-hydrogen) atoms. The number of carbonyl (C=O) groups is 1. The summed E-state index contributed by atoms with van der Waals surface area (Å²) >= 11 is 7.30. The molecular formula is C12H16ClNO3S. The lowest BCUT2D eigenvalue weighted by molar-refractivity contribution is -0.119. The summed E-state index contributed by atoms with van der Waals surface area (Å²) in [6, 6.07) is 6.89. The van der Waals surface area contributed by atoms with Gasteiger partial charge >= 0.3 is 0 Å². The van der Waals surface area contributed by atoms with Crippen molar-refractivity contribution in [2.45, 2.75) is 11.8 Å². The highest BCUT2D eigenvalue weighted by atomic mass is 35.5. The Morgan fingerprint density at radius 2 is 2.11 bits per heavy atom. The standard InChI is InChI=1S/C12H16ClNO3S/c13-10-3-1-2-9(4-10)7-18-8-12(17)14-11(5-15)6-16/h1-4,11,15-16H,5-8H2,(H,14,17). The Hall–Kier alpha value is -0.750. The van der Waals surface area contributed by atoms with Crippen LogP contribution in [0.5, 0.6) is 0 Å². The molecule has 1 rings (SSSR count). The first-order chi connectivity index (χ1) is 8.65. The van der Waals surface area contributed by atoms with E-state index >= 15 is 0 Å². The second-order valence-corrected chi connectivity index (χ2v) is 5.17. The highest BCUT2D eigenvalue weighted by Crippen LogP contribution is 2.16. The Morgan fingerprint density at radius 3 is 2.72 bits per heavy atom. The van der Waals surface area contributed by atoms with Crippen LogP contribution in [0, 0.1) is 0 Å². The van der Waals surface area contributed by atoms with E-state index in [9.17, 15) is 4.79 Å². The van der Waals surface area contributed by atoms with Crippen molar-refractivity contribution in [3.63, 3.8) is 0 Å². The molecule has 0 heterocycles. The van der Waals surface area contributed by atoms with Gasteiger partial charge in [-0.05, 0) is 17.7 Å². The molecule has 4 nitrogen and oxygen atoms in total. The van der Waals surface area contributed by atoms with Gasteiger partial charge in [0, 0.05) is 10.8 Å². The van der Waals surface area contributed by atoms with E-state index in [0.29, 0.717) is 10.8 Å². The number of thioether (sulfide) groups is 1. The fourth-order valence-electron chi connectivity index (χ4n) is 1.31. The summed E-state index contributed by atoms with van der Waals surface area (Å²) in [6.45, 7) is -0.525. The Morgan fingerprint density at radius 1 is 1.39 bits per heavy atom. The molecule has 3 N–H and O–H groups in total. The third-order valence-corrected chi connectivity index (χ3v) is 3.44. The third kappa shape index (κ3) is 5.73. The summed E-state index contributed by atoms with van der Waals surface area (Å²) < 4.78 is 0. The van der Waals surface area contributed by atoms with E-state index in [-0.39, 0.29) is 24.9 Å². The average molecular weight is 290 g/mol. The average Bonchev–Trinajstić information content (AvgIpc) is 2.36. The zero-order chi connectivity index (χ0) is 13.4. The molecule has 0 unspecified atom stereocenters. The van der Waals surface area contributed by atoms with Crippen molar-refractivity contribution >= 4 is 29.3 Å². The number of hydrogen-bond acceptors (Lipinski definition) is 4. The number of benzene rings is 1. The third-order valence-electron chi connectivity index (χ3n) is 2.20. The number of aliphatic hydroxyl groups excluding tert-OH is 2. The molecule has 0 radical (unpaired) electrons. The zero-order valence-electron chi connectivity index (χ0n) is 9.80. The van der Waals surface area contributed by atoms with Crippen LogP contribution in [0.3, 0.4) is 0 Å². The smallest absolute Gasteiger partial charge is 0.230 e. The number of nitrogens with one attached hydrogen (secondary N) is 1. The van der Waals surface area contributed by atoms with Gasteiger partial charge in [0.2, 0.25) is 5.91 Å². The lowest BCUT2D eigenvalue weighted by Crippen LogP contribution is -2.41. The maximum atomic E-state index is 11.4. The lowest BCUT2D eigenvalue weighted by Gasteiger charge is -2.12. The first kappa shape index (κ1) is 15.3. The summed E-state index contributed by atoms with van der Waals surface area (Å²) in [7, 11) is 0. The van der Waals surface area contributed by atoms with Gasteiger partial charge in [-0.15, -0.1) is 11.8 Å². The Balaban J connectivity index is 2.27. The first-order valence-electron chi connectivity index (χ1n) is 5.49. The number of rotatable bonds is 7. The molecule has 0 atom stereocenters. The minimum absolute atomic E-state index is 0.199. The van der Waals surface area contributed by atoms with Crippen molar-refractivity contribution in [3.8, 4) is 0 Å².